The van der Waals surface area contributed by atoms with Crippen molar-refractivity contribution in [3.05, 3.63) is 11.8 Å². The number of carbonyl (C=O) groups excluding carboxylic acids is 2. The Bertz CT molecular complexity index is 153. The smallest absolute Gasteiger partial charge is 0.399 e. The molecule has 3 nitrogen and oxygen atoms in total. The topological polar surface area (TPSA) is 54.4 Å². The number of rotatable bonds is 2. The van der Waals surface area contributed by atoms with E-state index in [1.165, 1.54) is 0 Å². The van der Waals surface area contributed by atoms with Gasteiger partial charge in [-0.3, -0.25) is 4.42 Å². The predicted molar refractivity (Wildman–Crippen MR) is 30.4 cm³/mol. The molecule has 0 spiro atoms. The van der Waals surface area contributed by atoms with Crippen LogP contribution in [-0.4, -0.2) is 19.4 Å². The Hall–Kier alpha value is -1.19. The molecule has 9 heavy (non-hydrogen) atoms. The van der Waals surface area contributed by atoms with Crippen LogP contribution >= 0.6 is 0 Å². The van der Waals surface area contributed by atoms with Crippen molar-refractivity contribution in [3.8, 4) is 0 Å². The van der Waals surface area contributed by atoms with Gasteiger partial charge in [0.15, 0.2) is 6.79 Å². The Kier molecular flexibility index (Phi) is 3.27. The molecule has 0 aromatic heterocycles. The van der Waals surface area contributed by atoms with Crippen LogP contribution < -0.4 is 5.73 Å². The van der Waals surface area contributed by atoms with Gasteiger partial charge in [0.2, 0.25) is 0 Å². The lowest BCUT2D eigenvalue weighted by molar-refractivity contribution is -0.361. The molecular formula is C5H7FNO2+. The molecule has 0 aromatic carbocycles. The van der Waals surface area contributed by atoms with Crippen LogP contribution in [0.3, 0.4) is 0 Å². The lowest BCUT2D eigenvalue weighted by atomic mass is 10.4. The molecule has 0 aliphatic rings. The third kappa shape index (κ3) is 3.40. The number of alkyl halides is 1. The number of allylic oxidation sites excluding steroid dienone is 1. The minimum absolute atomic E-state index is 0.163. The SMILES string of the molecule is C=[O+]C(=O)/C=C(\N)CF. The second-order valence-electron chi connectivity index (χ2n) is 1.32. The summed E-state index contributed by atoms with van der Waals surface area (Å²) in [6.45, 7) is 1.95. The number of nitrogens with two attached hydrogens (primary N) is 1. The van der Waals surface area contributed by atoms with E-state index in [9.17, 15) is 9.18 Å². The highest BCUT2D eigenvalue weighted by atomic mass is 19.1. The molecule has 50 valence electrons. The van der Waals surface area contributed by atoms with Crippen molar-refractivity contribution in [1.29, 1.82) is 0 Å². The normalized spacial score (nSPS) is 11.0. The standard InChI is InChI=1S/C5H6FNO2/c1-9-5(8)2-4(7)3-6/h2H,1,3H2,(H-,7,8)/p+1. The van der Waals surface area contributed by atoms with E-state index < -0.39 is 12.6 Å². The van der Waals surface area contributed by atoms with Crippen molar-refractivity contribution < 1.29 is 13.6 Å². The molecule has 0 aliphatic heterocycles. The number of carbonyl (C=O) groups is 1. The fourth-order valence-corrected chi connectivity index (χ4v) is 0.232. The summed E-state index contributed by atoms with van der Waals surface area (Å²) in [5, 5.41) is 0. The third-order valence-electron chi connectivity index (χ3n) is 0.600. The molecular weight excluding hydrogens is 125 g/mol. The maximum absolute atomic E-state index is 11.5. The Labute approximate surface area is 51.7 Å². The van der Waals surface area contributed by atoms with E-state index >= 15 is 0 Å². The second-order valence-corrected chi connectivity index (χ2v) is 1.32. The second kappa shape index (κ2) is 3.77. The van der Waals surface area contributed by atoms with Gasteiger partial charge in [0.25, 0.3) is 0 Å². The minimum atomic E-state index is -0.852. The summed E-state index contributed by atoms with van der Waals surface area (Å²) in [5.41, 5.74) is 4.74. The van der Waals surface area contributed by atoms with Crippen LogP contribution in [0.15, 0.2) is 11.8 Å². The van der Waals surface area contributed by atoms with E-state index in [1.807, 2.05) is 0 Å². The largest absolute Gasteiger partial charge is 0.606 e. The molecule has 0 heterocycles. The molecule has 0 bridgehead atoms. The van der Waals surface area contributed by atoms with Crippen LogP contribution in [0.4, 0.5) is 4.39 Å². The van der Waals surface area contributed by atoms with Gasteiger partial charge in [0, 0.05) is 0 Å². The van der Waals surface area contributed by atoms with Crippen LogP contribution in [0, 0.1) is 0 Å². The maximum atomic E-state index is 11.5. The van der Waals surface area contributed by atoms with E-state index in [1.54, 1.807) is 0 Å². The van der Waals surface area contributed by atoms with Crippen molar-refractivity contribution in [2.75, 3.05) is 6.67 Å². The third-order valence-corrected chi connectivity index (χ3v) is 0.600. The average Bonchev–Trinajstić information content (AvgIpc) is 1.87. The molecule has 0 unspecified atom stereocenters. The Balaban J connectivity index is 3.94. The molecule has 0 rings (SSSR count). The lowest BCUT2D eigenvalue weighted by Gasteiger charge is -1.82. The summed E-state index contributed by atoms with van der Waals surface area (Å²) in [5.74, 6) is -0.745. The van der Waals surface area contributed by atoms with Crippen LogP contribution in [0.5, 0.6) is 0 Å². The van der Waals surface area contributed by atoms with Crippen LogP contribution in [0.1, 0.15) is 0 Å². The highest BCUT2D eigenvalue weighted by Gasteiger charge is 2.06. The first kappa shape index (κ1) is 7.81. The number of hydrogen-bond donors (Lipinski definition) is 1. The molecule has 0 atom stereocenters. The lowest BCUT2D eigenvalue weighted by Crippen LogP contribution is -2.03. The summed E-state index contributed by atoms with van der Waals surface area (Å²) in [7, 11) is 0. The fourth-order valence-electron chi connectivity index (χ4n) is 0.232. The van der Waals surface area contributed by atoms with Gasteiger partial charge >= 0.3 is 5.97 Å². The van der Waals surface area contributed by atoms with Gasteiger partial charge in [-0.25, -0.2) is 4.39 Å². The number of hydrogen-bond acceptors (Lipinski definition) is 2. The molecule has 0 aromatic rings. The monoisotopic (exact) mass is 132 g/mol. The first-order valence-corrected chi connectivity index (χ1v) is 2.18. The summed E-state index contributed by atoms with van der Waals surface area (Å²) in [4.78, 5) is 10.2. The Morgan fingerprint density at radius 2 is 2.44 bits per heavy atom. The molecule has 0 aliphatic carbocycles. The van der Waals surface area contributed by atoms with Crippen molar-refractivity contribution in [2.24, 2.45) is 5.73 Å². The molecule has 0 amide bonds. The van der Waals surface area contributed by atoms with Crippen molar-refractivity contribution in [2.45, 2.75) is 0 Å². The first-order valence-electron chi connectivity index (χ1n) is 2.18. The van der Waals surface area contributed by atoms with Crippen molar-refractivity contribution in [3.63, 3.8) is 0 Å². The molecule has 0 radical (unpaired) electrons. The highest BCUT2D eigenvalue weighted by molar-refractivity contribution is 5.79. The van der Waals surface area contributed by atoms with Gasteiger partial charge in [0.1, 0.15) is 12.8 Å². The molecule has 0 saturated heterocycles. The van der Waals surface area contributed by atoms with Gasteiger partial charge in [-0.05, 0) is 0 Å². The molecule has 2 N–H and O–H groups in total. The van der Waals surface area contributed by atoms with Crippen molar-refractivity contribution in [1.82, 2.24) is 0 Å². The molecule has 0 saturated carbocycles. The zero-order valence-electron chi connectivity index (χ0n) is 4.76. The predicted octanol–water partition coefficient (Wildman–Crippen LogP) is -0.310. The van der Waals surface area contributed by atoms with Crippen LogP contribution in [0.25, 0.3) is 0 Å². The fraction of sp³-hybridized carbons (Fsp3) is 0.200. The summed E-state index contributed by atoms with van der Waals surface area (Å²) in [6, 6.07) is 0. The Morgan fingerprint density at radius 3 is 2.78 bits per heavy atom. The average molecular weight is 132 g/mol. The van der Waals surface area contributed by atoms with Crippen molar-refractivity contribution >= 4 is 12.8 Å². The van der Waals surface area contributed by atoms with Gasteiger partial charge in [-0.15, -0.1) is 0 Å². The first-order chi connectivity index (χ1) is 4.20. The van der Waals surface area contributed by atoms with Gasteiger partial charge < -0.3 is 5.73 Å². The van der Waals surface area contributed by atoms with E-state index in [4.69, 9.17) is 5.73 Å². The van der Waals surface area contributed by atoms with Gasteiger partial charge in [-0.2, -0.15) is 0 Å². The Morgan fingerprint density at radius 1 is 1.89 bits per heavy atom. The van der Waals surface area contributed by atoms with Gasteiger partial charge in [-0.1, -0.05) is 0 Å². The zero-order valence-corrected chi connectivity index (χ0v) is 4.76. The summed E-state index contributed by atoms with van der Waals surface area (Å²) in [6.07, 6.45) is 0.840. The van der Waals surface area contributed by atoms with E-state index in [0.29, 0.717) is 0 Å². The minimum Gasteiger partial charge on any atom is -0.399 e. The van der Waals surface area contributed by atoms with E-state index in [0.717, 1.165) is 6.08 Å². The van der Waals surface area contributed by atoms with E-state index in [-0.39, 0.29) is 5.70 Å². The highest BCUT2D eigenvalue weighted by Crippen LogP contribution is 1.83. The number of halogens is 1. The molecule has 4 heteroatoms. The van der Waals surface area contributed by atoms with Crippen LogP contribution in [-0.2, 0) is 9.22 Å². The van der Waals surface area contributed by atoms with E-state index in [2.05, 4.69) is 11.2 Å². The van der Waals surface area contributed by atoms with Gasteiger partial charge in [0.05, 0.1) is 10.5 Å². The summed E-state index contributed by atoms with van der Waals surface area (Å²) < 4.78 is 15.4. The molecule has 0 fully saturated rings. The quantitative estimate of drug-likeness (QED) is 0.414. The van der Waals surface area contributed by atoms with Crippen LogP contribution in [0.2, 0.25) is 0 Å². The zero-order chi connectivity index (χ0) is 7.28. The maximum Gasteiger partial charge on any atom is 0.606 e. The summed E-state index contributed by atoms with van der Waals surface area (Å²) >= 11 is 0.